The predicted molar refractivity (Wildman–Crippen MR) is 61.4 cm³/mol. The van der Waals surface area contributed by atoms with E-state index in [9.17, 15) is 0 Å². The average Bonchev–Trinajstić information content (AvgIpc) is 2.62. The highest BCUT2D eigenvalue weighted by Gasteiger charge is 2.06. The third kappa shape index (κ3) is 1.94. The zero-order chi connectivity index (χ0) is 11.5. The van der Waals surface area contributed by atoms with Crippen LogP contribution in [0.1, 0.15) is 17.0 Å². The van der Waals surface area contributed by atoms with E-state index in [1.807, 2.05) is 30.8 Å². The molecule has 5 heteroatoms. The number of imidazole rings is 1. The molecule has 2 aromatic heterocycles. The van der Waals surface area contributed by atoms with E-state index in [0.29, 0.717) is 12.5 Å². The molecule has 0 aromatic carbocycles. The van der Waals surface area contributed by atoms with E-state index in [2.05, 4.69) is 15.0 Å². The Bertz CT molecular complexity index is 472. The molecule has 2 heterocycles. The van der Waals surface area contributed by atoms with E-state index in [0.717, 1.165) is 23.4 Å². The van der Waals surface area contributed by atoms with Crippen LogP contribution in [0.4, 0.5) is 0 Å². The normalized spacial score (nSPS) is 10.7. The third-order valence-electron chi connectivity index (χ3n) is 2.59. The van der Waals surface area contributed by atoms with Crippen LogP contribution in [0.2, 0.25) is 0 Å². The van der Waals surface area contributed by atoms with E-state index >= 15 is 0 Å². The first-order valence-electron chi connectivity index (χ1n) is 5.24. The Labute approximate surface area is 94.4 Å². The van der Waals surface area contributed by atoms with Gasteiger partial charge in [-0.15, -0.1) is 0 Å². The zero-order valence-corrected chi connectivity index (χ0v) is 9.51. The maximum absolute atomic E-state index is 5.47. The molecular weight excluding hydrogens is 202 g/mol. The van der Waals surface area contributed by atoms with Gasteiger partial charge in [-0.25, -0.2) is 15.0 Å². The van der Waals surface area contributed by atoms with Gasteiger partial charge in [0.2, 0.25) is 5.95 Å². The second kappa shape index (κ2) is 4.40. The lowest BCUT2D eigenvalue weighted by Gasteiger charge is -2.04. The second-order valence-electron chi connectivity index (χ2n) is 3.72. The first-order chi connectivity index (χ1) is 7.72. The topological polar surface area (TPSA) is 69.6 Å². The van der Waals surface area contributed by atoms with Crippen molar-refractivity contribution in [2.75, 3.05) is 6.54 Å². The Kier molecular flexibility index (Phi) is 2.96. The van der Waals surface area contributed by atoms with Gasteiger partial charge in [-0.1, -0.05) is 0 Å². The maximum atomic E-state index is 5.47. The van der Waals surface area contributed by atoms with Crippen LogP contribution in [0.3, 0.4) is 0 Å². The number of hydrogen-bond acceptors (Lipinski definition) is 4. The number of hydrogen-bond donors (Lipinski definition) is 1. The van der Waals surface area contributed by atoms with Gasteiger partial charge in [0.1, 0.15) is 6.33 Å². The van der Waals surface area contributed by atoms with Gasteiger partial charge < -0.3 is 5.73 Å². The summed E-state index contributed by atoms with van der Waals surface area (Å²) >= 11 is 0. The molecule has 0 radical (unpaired) electrons. The molecule has 0 aliphatic heterocycles. The molecule has 84 valence electrons. The molecule has 0 aliphatic carbocycles. The largest absolute Gasteiger partial charge is 0.330 e. The Morgan fingerprint density at radius 3 is 2.38 bits per heavy atom. The van der Waals surface area contributed by atoms with Crippen molar-refractivity contribution in [3.63, 3.8) is 0 Å². The van der Waals surface area contributed by atoms with Gasteiger partial charge in [-0.05, 0) is 32.4 Å². The fourth-order valence-corrected chi connectivity index (χ4v) is 1.47. The fraction of sp³-hybridized carbons (Fsp3) is 0.364. The molecule has 2 rings (SSSR count). The van der Waals surface area contributed by atoms with Crippen molar-refractivity contribution < 1.29 is 0 Å². The molecule has 2 N–H and O–H groups in total. The Morgan fingerprint density at radius 1 is 1.19 bits per heavy atom. The molecule has 0 atom stereocenters. The van der Waals surface area contributed by atoms with E-state index in [-0.39, 0.29) is 0 Å². The average molecular weight is 217 g/mol. The van der Waals surface area contributed by atoms with Crippen LogP contribution in [-0.4, -0.2) is 26.1 Å². The molecule has 0 unspecified atom stereocenters. The number of aromatic nitrogens is 4. The highest BCUT2D eigenvalue weighted by atomic mass is 15.2. The van der Waals surface area contributed by atoms with Gasteiger partial charge in [0.15, 0.2) is 0 Å². The minimum absolute atomic E-state index is 0.617. The third-order valence-corrected chi connectivity index (χ3v) is 2.59. The van der Waals surface area contributed by atoms with Gasteiger partial charge in [-0.3, -0.25) is 4.57 Å². The monoisotopic (exact) mass is 217 g/mol. The number of rotatable bonds is 3. The van der Waals surface area contributed by atoms with E-state index in [1.165, 1.54) is 0 Å². The van der Waals surface area contributed by atoms with E-state index < -0.39 is 0 Å². The van der Waals surface area contributed by atoms with Crippen LogP contribution in [0.15, 0.2) is 18.7 Å². The van der Waals surface area contributed by atoms with E-state index in [1.54, 1.807) is 6.33 Å². The molecule has 0 aliphatic rings. The summed E-state index contributed by atoms with van der Waals surface area (Å²) in [5.41, 5.74) is 8.58. The van der Waals surface area contributed by atoms with Crippen LogP contribution in [0, 0.1) is 13.8 Å². The molecule has 0 spiro atoms. The minimum Gasteiger partial charge on any atom is -0.330 e. The van der Waals surface area contributed by atoms with Gasteiger partial charge in [0.25, 0.3) is 0 Å². The Morgan fingerprint density at radius 2 is 1.88 bits per heavy atom. The second-order valence-corrected chi connectivity index (χ2v) is 3.72. The van der Waals surface area contributed by atoms with Crippen molar-refractivity contribution in [2.45, 2.75) is 20.3 Å². The fourth-order valence-electron chi connectivity index (χ4n) is 1.47. The summed E-state index contributed by atoms with van der Waals surface area (Å²) in [6.07, 6.45) is 6.17. The summed E-state index contributed by atoms with van der Waals surface area (Å²) < 4.78 is 1.88. The van der Waals surface area contributed by atoms with Crippen LogP contribution in [0.5, 0.6) is 0 Å². The summed E-state index contributed by atoms with van der Waals surface area (Å²) in [6.45, 7) is 4.58. The lowest BCUT2D eigenvalue weighted by atomic mass is 10.2. The molecule has 0 amide bonds. The summed E-state index contributed by atoms with van der Waals surface area (Å²) in [5, 5.41) is 0. The molecule has 0 fully saturated rings. The lowest BCUT2D eigenvalue weighted by molar-refractivity contribution is 0.868. The molecular formula is C11H15N5. The van der Waals surface area contributed by atoms with Crippen molar-refractivity contribution in [2.24, 2.45) is 5.73 Å². The van der Waals surface area contributed by atoms with Crippen LogP contribution >= 0.6 is 0 Å². The standard InChI is InChI=1S/C11H15N5/c1-8-9(2)16(7-15-8)11-13-5-10(3-4-12)6-14-11/h5-7H,3-4,12H2,1-2H3. The SMILES string of the molecule is Cc1ncn(-c2ncc(CCN)cn2)c1C. The van der Waals surface area contributed by atoms with Gasteiger partial charge in [0, 0.05) is 18.1 Å². The highest BCUT2D eigenvalue weighted by Crippen LogP contribution is 2.09. The maximum Gasteiger partial charge on any atom is 0.235 e. The smallest absolute Gasteiger partial charge is 0.235 e. The van der Waals surface area contributed by atoms with Crippen molar-refractivity contribution in [1.29, 1.82) is 0 Å². The molecule has 5 nitrogen and oxygen atoms in total. The van der Waals surface area contributed by atoms with Crippen molar-refractivity contribution in [1.82, 2.24) is 19.5 Å². The van der Waals surface area contributed by atoms with E-state index in [4.69, 9.17) is 5.73 Å². The van der Waals surface area contributed by atoms with Crippen LogP contribution in [0.25, 0.3) is 5.95 Å². The van der Waals surface area contributed by atoms with Crippen LogP contribution < -0.4 is 5.73 Å². The quantitative estimate of drug-likeness (QED) is 0.824. The summed E-state index contributed by atoms with van der Waals surface area (Å²) in [7, 11) is 0. The summed E-state index contributed by atoms with van der Waals surface area (Å²) in [5.74, 6) is 0.652. The Hall–Kier alpha value is -1.75. The molecule has 2 aromatic rings. The molecule has 0 saturated carbocycles. The summed E-state index contributed by atoms with van der Waals surface area (Å²) in [6, 6.07) is 0. The molecule has 16 heavy (non-hydrogen) atoms. The number of nitrogens with zero attached hydrogens (tertiary/aromatic N) is 4. The number of aryl methyl sites for hydroxylation is 1. The number of nitrogens with two attached hydrogens (primary N) is 1. The molecule has 0 bridgehead atoms. The van der Waals surface area contributed by atoms with Gasteiger partial charge >= 0.3 is 0 Å². The van der Waals surface area contributed by atoms with Crippen LogP contribution in [-0.2, 0) is 6.42 Å². The van der Waals surface area contributed by atoms with Gasteiger partial charge in [0.05, 0.1) is 5.69 Å². The lowest BCUT2D eigenvalue weighted by Crippen LogP contribution is -2.06. The predicted octanol–water partition coefficient (Wildman–Crippen LogP) is 0.780. The first kappa shape index (κ1) is 10.8. The van der Waals surface area contributed by atoms with Crippen molar-refractivity contribution >= 4 is 0 Å². The zero-order valence-electron chi connectivity index (χ0n) is 9.51. The van der Waals surface area contributed by atoms with Gasteiger partial charge in [-0.2, -0.15) is 0 Å². The molecule has 0 saturated heterocycles. The Balaban J connectivity index is 2.31. The van der Waals surface area contributed by atoms with Crippen molar-refractivity contribution in [3.05, 3.63) is 35.7 Å². The first-order valence-corrected chi connectivity index (χ1v) is 5.24. The van der Waals surface area contributed by atoms with Crippen molar-refractivity contribution in [3.8, 4) is 5.95 Å². The minimum atomic E-state index is 0.617. The highest BCUT2D eigenvalue weighted by molar-refractivity contribution is 5.22. The summed E-state index contributed by atoms with van der Waals surface area (Å²) in [4.78, 5) is 12.8.